The molecule has 0 aliphatic rings. The molecule has 3 heteroatoms. The lowest BCUT2D eigenvalue weighted by molar-refractivity contribution is 1.19. The molecular weight excluding hydrogens is 661 g/mol. The number of thiophene rings is 1. The average molecular weight is 693 g/mol. The van der Waals surface area contributed by atoms with Gasteiger partial charge in [-0.1, -0.05) is 152 Å². The summed E-state index contributed by atoms with van der Waals surface area (Å²) in [5, 5.41) is 4.90. The Bertz CT molecular complexity index is 2940. The van der Waals surface area contributed by atoms with Crippen molar-refractivity contribution in [2.75, 3.05) is 0 Å². The molecule has 0 spiro atoms. The Morgan fingerprint density at radius 1 is 0.302 bits per heavy atom. The molecule has 0 bridgehead atoms. The summed E-state index contributed by atoms with van der Waals surface area (Å²) in [6.07, 6.45) is 0. The molecule has 0 aliphatic carbocycles. The highest BCUT2D eigenvalue weighted by molar-refractivity contribution is 7.25. The second-order valence-electron chi connectivity index (χ2n) is 13.4. The van der Waals surface area contributed by atoms with Crippen LogP contribution >= 0.6 is 11.3 Å². The number of aromatic nitrogens is 2. The summed E-state index contributed by atoms with van der Waals surface area (Å²) in [4.78, 5) is 10.7. The second-order valence-corrected chi connectivity index (χ2v) is 14.5. The van der Waals surface area contributed by atoms with Crippen molar-refractivity contribution in [1.29, 1.82) is 0 Å². The fourth-order valence-corrected chi connectivity index (χ4v) is 8.56. The van der Waals surface area contributed by atoms with E-state index in [2.05, 4.69) is 194 Å². The Morgan fingerprint density at radius 3 is 1.64 bits per heavy atom. The average Bonchev–Trinajstić information content (AvgIpc) is 3.62. The number of rotatable bonds is 6. The minimum absolute atomic E-state index is 0.706. The fraction of sp³-hybridized carbons (Fsp3) is 0. The first-order chi connectivity index (χ1) is 26.2. The van der Waals surface area contributed by atoms with E-state index in [0.717, 1.165) is 61.1 Å². The minimum atomic E-state index is 0.706. The highest BCUT2D eigenvalue weighted by atomic mass is 32.1. The lowest BCUT2D eigenvalue weighted by Gasteiger charge is -2.14. The first-order valence-corrected chi connectivity index (χ1v) is 18.7. The van der Waals surface area contributed by atoms with Crippen molar-refractivity contribution in [3.63, 3.8) is 0 Å². The van der Waals surface area contributed by atoms with E-state index in [1.54, 1.807) is 0 Å². The summed E-state index contributed by atoms with van der Waals surface area (Å²) in [5.74, 6) is 0.706. The van der Waals surface area contributed by atoms with Gasteiger partial charge >= 0.3 is 0 Å². The van der Waals surface area contributed by atoms with Crippen molar-refractivity contribution in [3.8, 4) is 67.3 Å². The molecule has 2 heterocycles. The van der Waals surface area contributed by atoms with E-state index < -0.39 is 0 Å². The second kappa shape index (κ2) is 13.1. The van der Waals surface area contributed by atoms with Crippen LogP contribution in [0.5, 0.6) is 0 Å². The predicted molar refractivity (Wildman–Crippen MR) is 225 cm³/mol. The maximum Gasteiger partial charge on any atom is 0.161 e. The molecule has 248 valence electrons. The third kappa shape index (κ3) is 5.87. The topological polar surface area (TPSA) is 25.8 Å². The van der Waals surface area contributed by atoms with Gasteiger partial charge in [-0.05, 0) is 86.6 Å². The zero-order chi connectivity index (χ0) is 35.1. The van der Waals surface area contributed by atoms with Crippen LogP contribution in [0, 0.1) is 0 Å². The third-order valence-electron chi connectivity index (χ3n) is 10.1. The summed E-state index contributed by atoms with van der Waals surface area (Å²) in [5.41, 5.74) is 11.8. The van der Waals surface area contributed by atoms with Gasteiger partial charge in [-0.2, -0.15) is 0 Å². The van der Waals surface area contributed by atoms with Crippen molar-refractivity contribution in [2.45, 2.75) is 0 Å². The zero-order valence-corrected chi connectivity index (χ0v) is 29.6. The van der Waals surface area contributed by atoms with Crippen LogP contribution in [-0.2, 0) is 0 Å². The zero-order valence-electron chi connectivity index (χ0n) is 28.8. The van der Waals surface area contributed by atoms with Crippen LogP contribution in [0.15, 0.2) is 194 Å². The number of hydrogen-bond donors (Lipinski definition) is 0. The van der Waals surface area contributed by atoms with Crippen LogP contribution in [0.1, 0.15) is 0 Å². The van der Waals surface area contributed by atoms with Gasteiger partial charge in [-0.3, -0.25) is 0 Å². The van der Waals surface area contributed by atoms with Crippen LogP contribution in [0.2, 0.25) is 0 Å². The van der Waals surface area contributed by atoms with Crippen molar-refractivity contribution in [3.05, 3.63) is 194 Å². The molecular formula is C50H32N2S. The Labute approximate surface area is 312 Å². The first kappa shape index (κ1) is 31.1. The van der Waals surface area contributed by atoms with Gasteiger partial charge in [0.15, 0.2) is 5.82 Å². The van der Waals surface area contributed by atoms with Crippen molar-refractivity contribution in [2.24, 2.45) is 0 Å². The maximum atomic E-state index is 5.37. The number of fused-ring (bicyclic) bond motifs is 4. The Morgan fingerprint density at radius 2 is 0.830 bits per heavy atom. The van der Waals surface area contributed by atoms with E-state index in [4.69, 9.17) is 9.97 Å². The minimum Gasteiger partial charge on any atom is -0.228 e. The molecule has 0 unspecified atom stereocenters. The van der Waals surface area contributed by atoms with Crippen LogP contribution in [0.25, 0.3) is 98.2 Å². The summed E-state index contributed by atoms with van der Waals surface area (Å²) in [6.45, 7) is 0. The van der Waals surface area contributed by atoms with Gasteiger partial charge in [0, 0.05) is 36.9 Å². The van der Waals surface area contributed by atoms with Gasteiger partial charge in [0.1, 0.15) is 0 Å². The van der Waals surface area contributed by atoms with E-state index in [1.165, 1.54) is 31.3 Å². The molecule has 10 rings (SSSR count). The Kier molecular flexibility index (Phi) is 7.71. The lowest BCUT2D eigenvalue weighted by Crippen LogP contribution is -1.97. The monoisotopic (exact) mass is 692 g/mol. The molecule has 53 heavy (non-hydrogen) atoms. The van der Waals surface area contributed by atoms with E-state index in [0.29, 0.717) is 5.82 Å². The van der Waals surface area contributed by atoms with Gasteiger partial charge in [-0.25, -0.2) is 9.97 Å². The summed E-state index contributed by atoms with van der Waals surface area (Å²) >= 11 is 1.85. The normalized spacial score (nSPS) is 11.4. The van der Waals surface area contributed by atoms with Gasteiger partial charge in [0.05, 0.1) is 11.4 Å². The molecule has 0 atom stereocenters. The van der Waals surface area contributed by atoms with E-state index in [9.17, 15) is 0 Å². The van der Waals surface area contributed by atoms with E-state index >= 15 is 0 Å². The SMILES string of the molecule is c1ccc(-c2cccc(-c3cc(-c4cc(-c5ccccc5)cc(-c5ccc6c(c5)sc5ccccc56)c4)nc(-c4cccc5ccccc45)n3)c2)cc1. The van der Waals surface area contributed by atoms with Gasteiger partial charge < -0.3 is 0 Å². The molecule has 8 aromatic carbocycles. The number of nitrogens with zero attached hydrogens (tertiary/aromatic N) is 2. The number of benzene rings is 8. The quantitative estimate of drug-likeness (QED) is 0.173. The van der Waals surface area contributed by atoms with Crippen LogP contribution < -0.4 is 0 Å². The highest BCUT2D eigenvalue weighted by Crippen LogP contribution is 2.39. The molecule has 0 fully saturated rings. The Balaban J connectivity index is 1.20. The first-order valence-electron chi connectivity index (χ1n) is 17.9. The third-order valence-corrected chi connectivity index (χ3v) is 11.2. The summed E-state index contributed by atoms with van der Waals surface area (Å²) < 4.78 is 2.60. The van der Waals surface area contributed by atoms with Gasteiger partial charge in [0.2, 0.25) is 0 Å². The van der Waals surface area contributed by atoms with Crippen molar-refractivity contribution in [1.82, 2.24) is 9.97 Å². The largest absolute Gasteiger partial charge is 0.228 e. The molecule has 0 aliphatic heterocycles. The van der Waals surface area contributed by atoms with Crippen molar-refractivity contribution >= 4 is 42.3 Å². The molecule has 10 aromatic rings. The molecule has 0 saturated carbocycles. The molecule has 0 amide bonds. The molecule has 0 N–H and O–H groups in total. The summed E-state index contributed by atoms with van der Waals surface area (Å²) in [7, 11) is 0. The molecule has 0 saturated heterocycles. The number of hydrogen-bond acceptors (Lipinski definition) is 3. The van der Waals surface area contributed by atoms with E-state index in [1.807, 2.05) is 11.3 Å². The predicted octanol–water partition coefficient (Wildman–Crippen LogP) is 14.0. The fourth-order valence-electron chi connectivity index (χ4n) is 7.42. The van der Waals surface area contributed by atoms with Crippen LogP contribution in [0.3, 0.4) is 0 Å². The standard InChI is InChI=1S/C50H32N2S/c1-3-13-33(14-4-1)36-19-11-20-38(27-36)46-32-47(52-50(51-46)45-23-12-18-35-17-7-8-21-42(35)45)41-29-39(34-15-5-2-6-16-34)28-40(30-41)37-25-26-44-43-22-9-10-24-48(43)53-49(44)31-37/h1-32H. The highest BCUT2D eigenvalue weighted by Gasteiger charge is 2.16. The van der Waals surface area contributed by atoms with Crippen LogP contribution in [-0.4, -0.2) is 9.97 Å². The van der Waals surface area contributed by atoms with Gasteiger partial charge in [-0.15, -0.1) is 11.3 Å². The lowest BCUT2D eigenvalue weighted by atomic mass is 9.94. The molecule has 2 nitrogen and oxygen atoms in total. The van der Waals surface area contributed by atoms with Crippen LogP contribution in [0.4, 0.5) is 0 Å². The molecule has 2 aromatic heterocycles. The summed E-state index contributed by atoms with van der Waals surface area (Å²) in [6, 6.07) is 69.3. The smallest absolute Gasteiger partial charge is 0.161 e. The van der Waals surface area contributed by atoms with E-state index in [-0.39, 0.29) is 0 Å². The van der Waals surface area contributed by atoms with Crippen molar-refractivity contribution < 1.29 is 0 Å². The maximum absolute atomic E-state index is 5.37. The molecule has 0 radical (unpaired) electrons. The van der Waals surface area contributed by atoms with Gasteiger partial charge in [0.25, 0.3) is 0 Å². The Hall–Kier alpha value is -6.68.